The molecule has 128 valence electrons. The van der Waals surface area contributed by atoms with Crippen LogP contribution >= 0.6 is 24.0 Å². The minimum atomic E-state index is 0. The molecular formula is C16H31IN4O. The molecule has 6 heteroatoms. The molecule has 1 aromatic heterocycles. The van der Waals surface area contributed by atoms with E-state index in [2.05, 4.69) is 55.1 Å². The fraction of sp³-hybridized carbons (Fsp3) is 0.688. The van der Waals surface area contributed by atoms with Gasteiger partial charge in [-0.15, -0.1) is 24.0 Å². The summed E-state index contributed by atoms with van der Waals surface area (Å²) in [6, 6.07) is 4.92. The van der Waals surface area contributed by atoms with Crippen molar-refractivity contribution in [2.24, 2.45) is 4.99 Å². The number of aliphatic imine (C=N–C) groups is 1. The average molecular weight is 422 g/mol. The molecule has 2 N–H and O–H groups in total. The summed E-state index contributed by atoms with van der Waals surface area (Å²) in [5.41, 5.74) is 0. The number of hydrogen-bond donors (Lipinski definition) is 2. The van der Waals surface area contributed by atoms with E-state index in [-0.39, 0.29) is 24.0 Å². The Morgan fingerprint density at radius 1 is 1.23 bits per heavy atom. The third kappa shape index (κ3) is 8.03. The molecule has 0 fully saturated rings. The fourth-order valence-electron chi connectivity index (χ4n) is 2.32. The van der Waals surface area contributed by atoms with Gasteiger partial charge in [-0.2, -0.15) is 0 Å². The zero-order chi connectivity index (χ0) is 15.7. The van der Waals surface area contributed by atoms with Crippen LogP contribution in [0.1, 0.15) is 40.4 Å². The molecule has 1 aromatic rings. The molecule has 5 nitrogen and oxygen atoms in total. The Morgan fingerprint density at radius 2 is 1.91 bits per heavy atom. The first-order valence-corrected chi connectivity index (χ1v) is 7.84. The zero-order valence-corrected chi connectivity index (χ0v) is 16.8. The Hall–Kier alpha value is -0.760. The van der Waals surface area contributed by atoms with E-state index in [9.17, 15) is 0 Å². The van der Waals surface area contributed by atoms with Crippen LogP contribution in [0.25, 0.3) is 0 Å². The third-order valence-corrected chi connectivity index (χ3v) is 3.31. The Kier molecular flexibility index (Phi) is 11.4. The van der Waals surface area contributed by atoms with Crippen LogP contribution in [-0.4, -0.2) is 42.6 Å². The van der Waals surface area contributed by atoms with Crippen LogP contribution in [0.15, 0.2) is 27.8 Å². The van der Waals surface area contributed by atoms with Crippen LogP contribution in [0.4, 0.5) is 0 Å². The van der Waals surface area contributed by atoms with E-state index in [1.54, 1.807) is 6.26 Å². The number of rotatable bonds is 8. The first kappa shape index (κ1) is 21.2. The predicted octanol–water partition coefficient (Wildman–Crippen LogP) is 3.07. The van der Waals surface area contributed by atoms with E-state index in [4.69, 9.17) is 4.42 Å². The molecule has 0 aromatic carbocycles. The second-order valence-electron chi connectivity index (χ2n) is 5.63. The molecular weight excluding hydrogens is 391 g/mol. The van der Waals surface area contributed by atoms with Crippen molar-refractivity contribution in [1.82, 2.24) is 15.5 Å². The van der Waals surface area contributed by atoms with E-state index in [0.717, 1.165) is 31.4 Å². The van der Waals surface area contributed by atoms with Crippen molar-refractivity contribution in [3.05, 3.63) is 24.2 Å². The van der Waals surface area contributed by atoms with Gasteiger partial charge in [0.25, 0.3) is 0 Å². The van der Waals surface area contributed by atoms with E-state index < -0.39 is 0 Å². The maximum atomic E-state index is 5.30. The van der Waals surface area contributed by atoms with Gasteiger partial charge in [-0.05, 0) is 46.8 Å². The smallest absolute Gasteiger partial charge is 0.191 e. The lowest BCUT2D eigenvalue weighted by atomic mass is 10.2. The Bertz CT molecular complexity index is 396. The minimum absolute atomic E-state index is 0. The summed E-state index contributed by atoms with van der Waals surface area (Å²) in [5.74, 6) is 1.71. The molecule has 0 atom stereocenters. The molecule has 0 radical (unpaired) electrons. The molecule has 0 aliphatic heterocycles. The van der Waals surface area contributed by atoms with Gasteiger partial charge in [0.15, 0.2) is 5.96 Å². The summed E-state index contributed by atoms with van der Waals surface area (Å²) >= 11 is 0. The SMILES string of the molecule is CCNC(=NCc1ccco1)NCCN(C(C)C)C(C)C.I. The van der Waals surface area contributed by atoms with Gasteiger partial charge in [0, 0.05) is 31.7 Å². The monoisotopic (exact) mass is 422 g/mol. The maximum absolute atomic E-state index is 5.30. The largest absolute Gasteiger partial charge is 0.467 e. The van der Waals surface area contributed by atoms with Gasteiger partial charge in [0.1, 0.15) is 12.3 Å². The third-order valence-electron chi connectivity index (χ3n) is 3.31. The van der Waals surface area contributed by atoms with E-state index in [0.29, 0.717) is 18.6 Å². The zero-order valence-electron chi connectivity index (χ0n) is 14.4. The number of hydrogen-bond acceptors (Lipinski definition) is 3. The molecule has 1 heterocycles. The second kappa shape index (κ2) is 11.8. The number of furan rings is 1. The highest BCUT2D eigenvalue weighted by molar-refractivity contribution is 14.0. The summed E-state index contributed by atoms with van der Waals surface area (Å²) in [7, 11) is 0. The number of nitrogens with one attached hydrogen (secondary N) is 2. The molecule has 0 aliphatic carbocycles. The lowest BCUT2D eigenvalue weighted by molar-refractivity contribution is 0.178. The van der Waals surface area contributed by atoms with Gasteiger partial charge < -0.3 is 15.1 Å². The van der Waals surface area contributed by atoms with Gasteiger partial charge in [0.05, 0.1) is 6.26 Å². The number of guanidine groups is 1. The van der Waals surface area contributed by atoms with E-state index in [1.807, 2.05) is 12.1 Å². The van der Waals surface area contributed by atoms with Crippen LogP contribution in [-0.2, 0) is 6.54 Å². The van der Waals surface area contributed by atoms with Crippen molar-refractivity contribution in [1.29, 1.82) is 0 Å². The van der Waals surface area contributed by atoms with Crippen molar-refractivity contribution in [2.45, 2.75) is 53.2 Å². The lowest BCUT2D eigenvalue weighted by Gasteiger charge is -2.30. The van der Waals surface area contributed by atoms with Gasteiger partial charge in [-0.25, -0.2) is 4.99 Å². The average Bonchev–Trinajstić information content (AvgIpc) is 2.93. The van der Waals surface area contributed by atoms with Crippen LogP contribution in [0, 0.1) is 0 Å². The van der Waals surface area contributed by atoms with Crippen molar-refractivity contribution < 1.29 is 4.42 Å². The standard InChI is InChI=1S/C16H30N4O.HI/c1-6-17-16(19-12-15-8-7-11-21-15)18-9-10-20(13(2)3)14(4)5;/h7-8,11,13-14H,6,9-10,12H2,1-5H3,(H2,17,18,19);1H. The number of nitrogens with zero attached hydrogens (tertiary/aromatic N) is 2. The van der Waals surface area contributed by atoms with Gasteiger partial charge >= 0.3 is 0 Å². The second-order valence-corrected chi connectivity index (χ2v) is 5.63. The predicted molar refractivity (Wildman–Crippen MR) is 104 cm³/mol. The van der Waals surface area contributed by atoms with E-state index >= 15 is 0 Å². The summed E-state index contributed by atoms with van der Waals surface area (Å²) in [4.78, 5) is 6.99. The summed E-state index contributed by atoms with van der Waals surface area (Å²) in [6.07, 6.45) is 1.67. The van der Waals surface area contributed by atoms with Gasteiger partial charge in [0.2, 0.25) is 0 Å². The topological polar surface area (TPSA) is 52.8 Å². The minimum Gasteiger partial charge on any atom is -0.467 e. The highest BCUT2D eigenvalue weighted by atomic mass is 127. The Labute approximate surface area is 152 Å². The molecule has 1 rings (SSSR count). The molecule has 0 spiro atoms. The van der Waals surface area contributed by atoms with Crippen molar-refractivity contribution in [3.8, 4) is 0 Å². The highest BCUT2D eigenvalue weighted by Crippen LogP contribution is 2.03. The van der Waals surface area contributed by atoms with Crippen LogP contribution < -0.4 is 10.6 Å². The first-order valence-electron chi connectivity index (χ1n) is 7.84. The van der Waals surface area contributed by atoms with Crippen molar-refractivity contribution in [2.75, 3.05) is 19.6 Å². The van der Waals surface area contributed by atoms with E-state index in [1.165, 1.54) is 0 Å². The van der Waals surface area contributed by atoms with Crippen molar-refractivity contribution >= 4 is 29.9 Å². The van der Waals surface area contributed by atoms with Crippen molar-refractivity contribution in [3.63, 3.8) is 0 Å². The normalized spacial score (nSPS) is 11.9. The van der Waals surface area contributed by atoms with Crippen LogP contribution in [0.3, 0.4) is 0 Å². The van der Waals surface area contributed by atoms with Crippen LogP contribution in [0.5, 0.6) is 0 Å². The maximum Gasteiger partial charge on any atom is 0.191 e. The van der Waals surface area contributed by atoms with Gasteiger partial charge in [-0.3, -0.25) is 4.90 Å². The molecule has 0 aliphatic rings. The molecule has 0 saturated carbocycles. The summed E-state index contributed by atoms with van der Waals surface area (Å²) < 4.78 is 5.30. The van der Waals surface area contributed by atoms with Gasteiger partial charge in [-0.1, -0.05) is 0 Å². The Balaban J connectivity index is 0.00000441. The van der Waals surface area contributed by atoms with Crippen LogP contribution in [0.2, 0.25) is 0 Å². The first-order chi connectivity index (χ1) is 10.0. The summed E-state index contributed by atoms with van der Waals surface area (Å²) in [6.45, 7) is 14.3. The highest BCUT2D eigenvalue weighted by Gasteiger charge is 2.12. The quantitative estimate of drug-likeness (QED) is 0.384. The molecule has 0 unspecified atom stereocenters. The molecule has 0 saturated heterocycles. The fourth-order valence-corrected chi connectivity index (χ4v) is 2.32. The Morgan fingerprint density at radius 3 is 2.41 bits per heavy atom. The number of halogens is 1. The molecule has 22 heavy (non-hydrogen) atoms. The molecule has 0 amide bonds. The molecule has 0 bridgehead atoms. The summed E-state index contributed by atoms with van der Waals surface area (Å²) in [5, 5.41) is 6.63. The lowest BCUT2D eigenvalue weighted by Crippen LogP contribution is -2.45.